The van der Waals surface area contributed by atoms with Crippen LogP contribution in [0.1, 0.15) is 5.56 Å². The Bertz CT molecular complexity index is 300. The molecule has 13 heavy (non-hydrogen) atoms. The summed E-state index contributed by atoms with van der Waals surface area (Å²) < 4.78 is 18.1. The quantitative estimate of drug-likeness (QED) is 0.774. The normalized spacial score (nSPS) is 9.46. The van der Waals surface area contributed by atoms with Gasteiger partial charge in [-0.05, 0) is 24.8 Å². The minimum atomic E-state index is -0.369. The van der Waals surface area contributed by atoms with Gasteiger partial charge in [-0.2, -0.15) is 0 Å². The monoisotopic (exact) mass is 181 g/mol. The van der Waals surface area contributed by atoms with Gasteiger partial charge in [0.15, 0.2) is 11.6 Å². The molecule has 0 aromatic heterocycles. The summed E-state index contributed by atoms with van der Waals surface area (Å²) in [7, 11) is 1.45. The van der Waals surface area contributed by atoms with Crippen LogP contribution in [0.15, 0.2) is 24.9 Å². The van der Waals surface area contributed by atoms with Gasteiger partial charge in [-0.15, -0.1) is 0 Å². The van der Waals surface area contributed by atoms with Crippen molar-refractivity contribution in [2.24, 2.45) is 0 Å². The van der Waals surface area contributed by atoms with Crippen molar-refractivity contribution >= 4 is 5.69 Å². The highest BCUT2D eigenvalue weighted by Gasteiger charge is 2.06. The zero-order chi connectivity index (χ0) is 9.84. The molecule has 70 valence electrons. The zero-order valence-corrected chi connectivity index (χ0v) is 7.73. The molecule has 0 bridgehead atoms. The third-order valence-electron chi connectivity index (χ3n) is 1.70. The van der Waals surface area contributed by atoms with E-state index in [1.807, 2.05) is 0 Å². The van der Waals surface area contributed by atoms with Crippen molar-refractivity contribution in [3.63, 3.8) is 0 Å². The number of nitrogens with one attached hydrogen (secondary N) is 1. The number of ether oxygens (including phenoxy) is 1. The average Bonchev–Trinajstić information content (AvgIpc) is 2.04. The Morgan fingerprint density at radius 2 is 2.23 bits per heavy atom. The lowest BCUT2D eigenvalue weighted by Crippen LogP contribution is -1.94. The van der Waals surface area contributed by atoms with Crippen LogP contribution >= 0.6 is 0 Å². The number of hydrogen-bond donors (Lipinski definition) is 1. The summed E-state index contributed by atoms with van der Waals surface area (Å²) in [5.74, 6) is -0.0820. The molecule has 2 nitrogen and oxygen atoms in total. The largest absolute Gasteiger partial charge is 0.493 e. The fourth-order valence-electron chi connectivity index (χ4n) is 1.19. The highest BCUT2D eigenvalue weighted by atomic mass is 19.1. The van der Waals surface area contributed by atoms with E-state index >= 15 is 0 Å². The van der Waals surface area contributed by atoms with Gasteiger partial charge in [-0.25, -0.2) is 4.39 Å². The van der Waals surface area contributed by atoms with E-state index in [2.05, 4.69) is 11.9 Å². The molecule has 0 aliphatic rings. The van der Waals surface area contributed by atoms with E-state index < -0.39 is 0 Å². The molecule has 0 saturated heterocycles. The van der Waals surface area contributed by atoms with Gasteiger partial charge in [0.2, 0.25) is 0 Å². The summed E-state index contributed by atoms with van der Waals surface area (Å²) in [6.45, 7) is 5.28. The van der Waals surface area contributed by atoms with Gasteiger partial charge >= 0.3 is 0 Å². The van der Waals surface area contributed by atoms with Gasteiger partial charge in [0, 0.05) is 11.8 Å². The van der Waals surface area contributed by atoms with Crippen LogP contribution in [0.2, 0.25) is 0 Å². The average molecular weight is 181 g/mol. The maximum Gasteiger partial charge on any atom is 0.167 e. The molecule has 0 amide bonds. The molecule has 0 heterocycles. The summed E-state index contributed by atoms with van der Waals surface area (Å²) in [5, 5.41) is 2.81. The molecule has 0 spiro atoms. The Morgan fingerprint density at radius 3 is 2.69 bits per heavy atom. The number of hydrogen-bond acceptors (Lipinski definition) is 2. The molecule has 0 atom stereocenters. The van der Waals surface area contributed by atoms with E-state index in [0.29, 0.717) is 5.69 Å². The Hall–Kier alpha value is -1.51. The lowest BCUT2D eigenvalue weighted by Gasteiger charge is -2.08. The second-order valence-corrected chi connectivity index (χ2v) is 2.66. The van der Waals surface area contributed by atoms with Crippen LogP contribution in [0.5, 0.6) is 5.75 Å². The molecular formula is C10H12FNO. The van der Waals surface area contributed by atoms with E-state index in [1.165, 1.54) is 19.4 Å². The summed E-state index contributed by atoms with van der Waals surface area (Å²) in [6.07, 6.45) is 1.50. The second kappa shape index (κ2) is 3.94. The maximum absolute atomic E-state index is 13.2. The first-order valence-corrected chi connectivity index (χ1v) is 3.90. The zero-order valence-electron chi connectivity index (χ0n) is 7.73. The summed E-state index contributed by atoms with van der Waals surface area (Å²) in [5.41, 5.74) is 1.43. The van der Waals surface area contributed by atoms with Crippen molar-refractivity contribution in [3.8, 4) is 5.75 Å². The molecule has 1 N–H and O–H groups in total. The predicted molar refractivity (Wildman–Crippen MR) is 51.5 cm³/mol. The van der Waals surface area contributed by atoms with E-state index in [4.69, 9.17) is 4.74 Å². The van der Waals surface area contributed by atoms with Crippen LogP contribution in [-0.2, 0) is 0 Å². The van der Waals surface area contributed by atoms with Gasteiger partial charge in [-0.3, -0.25) is 0 Å². The molecule has 0 unspecified atom stereocenters. The van der Waals surface area contributed by atoms with Crippen LogP contribution in [0.25, 0.3) is 0 Å². The number of halogens is 1. The first-order valence-electron chi connectivity index (χ1n) is 3.90. The molecule has 3 heteroatoms. The molecule has 0 aliphatic carbocycles. The van der Waals surface area contributed by atoms with Gasteiger partial charge in [0.25, 0.3) is 0 Å². The Labute approximate surface area is 77.0 Å². The van der Waals surface area contributed by atoms with Crippen molar-refractivity contribution in [2.45, 2.75) is 6.92 Å². The summed E-state index contributed by atoms with van der Waals surface area (Å²) in [4.78, 5) is 0. The third kappa shape index (κ3) is 1.99. The minimum Gasteiger partial charge on any atom is -0.493 e. The molecular weight excluding hydrogens is 169 g/mol. The van der Waals surface area contributed by atoms with E-state index in [9.17, 15) is 4.39 Å². The van der Waals surface area contributed by atoms with Crippen molar-refractivity contribution < 1.29 is 9.13 Å². The van der Waals surface area contributed by atoms with Crippen LogP contribution in [-0.4, -0.2) is 7.11 Å². The highest BCUT2D eigenvalue weighted by molar-refractivity contribution is 5.52. The van der Waals surface area contributed by atoms with Crippen molar-refractivity contribution in [1.29, 1.82) is 0 Å². The Kier molecular flexibility index (Phi) is 2.90. The first-order chi connectivity index (χ1) is 6.19. The minimum absolute atomic E-state index is 0.287. The smallest absolute Gasteiger partial charge is 0.167 e. The van der Waals surface area contributed by atoms with E-state index in [1.54, 1.807) is 13.0 Å². The Balaban J connectivity index is 3.12. The summed E-state index contributed by atoms with van der Waals surface area (Å²) in [6, 6.07) is 3.16. The van der Waals surface area contributed by atoms with Crippen LogP contribution in [0.4, 0.5) is 10.1 Å². The van der Waals surface area contributed by atoms with Crippen LogP contribution in [0, 0.1) is 12.7 Å². The molecule has 0 aliphatic heterocycles. The second-order valence-electron chi connectivity index (χ2n) is 2.66. The maximum atomic E-state index is 13.2. The number of benzene rings is 1. The third-order valence-corrected chi connectivity index (χ3v) is 1.70. The SMILES string of the molecule is C=CNc1cc(C)c(OC)c(F)c1. The van der Waals surface area contributed by atoms with Gasteiger partial charge in [0.1, 0.15) is 0 Å². The molecule has 0 fully saturated rings. The molecule has 0 saturated carbocycles. The lowest BCUT2D eigenvalue weighted by atomic mass is 10.2. The standard InChI is InChI=1S/C10H12FNO/c1-4-12-8-5-7(2)10(13-3)9(11)6-8/h4-6,12H,1H2,2-3H3. The van der Waals surface area contributed by atoms with Gasteiger partial charge < -0.3 is 10.1 Å². The molecule has 0 radical (unpaired) electrons. The fourth-order valence-corrected chi connectivity index (χ4v) is 1.19. The lowest BCUT2D eigenvalue weighted by molar-refractivity contribution is 0.383. The van der Waals surface area contributed by atoms with Crippen molar-refractivity contribution in [1.82, 2.24) is 0 Å². The highest BCUT2D eigenvalue weighted by Crippen LogP contribution is 2.25. The summed E-state index contributed by atoms with van der Waals surface area (Å²) >= 11 is 0. The number of anilines is 1. The Morgan fingerprint density at radius 1 is 1.54 bits per heavy atom. The van der Waals surface area contributed by atoms with E-state index in [0.717, 1.165) is 5.56 Å². The first kappa shape index (κ1) is 9.58. The van der Waals surface area contributed by atoms with Crippen molar-refractivity contribution in [3.05, 3.63) is 36.3 Å². The topological polar surface area (TPSA) is 21.3 Å². The van der Waals surface area contributed by atoms with Crippen LogP contribution < -0.4 is 10.1 Å². The molecule has 1 aromatic carbocycles. The fraction of sp³-hybridized carbons (Fsp3) is 0.200. The van der Waals surface area contributed by atoms with Crippen molar-refractivity contribution in [2.75, 3.05) is 12.4 Å². The van der Waals surface area contributed by atoms with Gasteiger partial charge in [0.05, 0.1) is 7.11 Å². The van der Waals surface area contributed by atoms with Crippen LogP contribution in [0.3, 0.4) is 0 Å². The molecule has 1 aromatic rings. The molecule has 1 rings (SSSR count). The predicted octanol–water partition coefficient (Wildman–Crippen LogP) is 2.70. The van der Waals surface area contributed by atoms with Gasteiger partial charge in [-0.1, -0.05) is 6.58 Å². The number of aryl methyl sites for hydroxylation is 1. The van der Waals surface area contributed by atoms with E-state index in [-0.39, 0.29) is 11.6 Å². The number of rotatable bonds is 3. The number of methoxy groups -OCH3 is 1.